The van der Waals surface area contributed by atoms with E-state index in [2.05, 4.69) is 4.98 Å². The molecule has 1 aliphatic rings. The number of halogens is 2. The van der Waals surface area contributed by atoms with Crippen molar-refractivity contribution in [3.8, 4) is 5.75 Å². The lowest BCUT2D eigenvalue weighted by Gasteiger charge is -2.23. The third kappa shape index (κ3) is 2.06. The van der Waals surface area contributed by atoms with E-state index in [1.165, 1.54) is 0 Å². The molecule has 0 fully saturated rings. The second-order valence-corrected chi connectivity index (χ2v) is 5.54. The summed E-state index contributed by atoms with van der Waals surface area (Å²) < 4.78 is 5.52. The molecule has 3 rings (SSSR count). The standard InChI is InChI=1S/C14H13Cl2NO2/c1-19-14-8-3-2-4-11(18)13(8)17-12-9(14)5-7(15)6-10(12)16/h5-6,11,18H,2-4H2,1H3. The first-order valence-electron chi connectivity index (χ1n) is 6.15. The molecule has 0 saturated carbocycles. The lowest BCUT2D eigenvalue weighted by atomic mass is 9.91. The Balaban J connectivity index is 2.41. The first kappa shape index (κ1) is 13.0. The van der Waals surface area contributed by atoms with Crippen molar-refractivity contribution in [3.05, 3.63) is 33.4 Å². The molecule has 0 aliphatic heterocycles. The fraction of sp³-hybridized carbons (Fsp3) is 0.357. The zero-order chi connectivity index (χ0) is 13.6. The van der Waals surface area contributed by atoms with Crippen LogP contribution in [0.25, 0.3) is 10.9 Å². The number of pyridine rings is 1. The highest BCUT2D eigenvalue weighted by Gasteiger charge is 2.25. The molecule has 2 aromatic rings. The predicted molar refractivity (Wildman–Crippen MR) is 76.2 cm³/mol. The molecule has 5 heteroatoms. The Labute approximate surface area is 121 Å². The van der Waals surface area contributed by atoms with Gasteiger partial charge in [0, 0.05) is 16.0 Å². The fourth-order valence-corrected chi connectivity index (χ4v) is 3.21. The lowest BCUT2D eigenvalue weighted by molar-refractivity contribution is 0.151. The Hall–Kier alpha value is -1.03. The topological polar surface area (TPSA) is 42.4 Å². The molecule has 0 saturated heterocycles. The van der Waals surface area contributed by atoms with E-state index in [1.807, 2.05) is 0 Å². The summed E-state index contributed by atoms with van der Waals surface area (Å²) in [6.45, 7) is 0. The van der Waals surface area contributed by atoms with Gasteiger partial charge in [0.2, 0.25) is 0 Å². The average Bonchev–Trinajstić information content (AvgIpc) is 2.37. The van der Waals surface area contributed by atoms with Crippen LogP contribution in [-0.2, 0) is 6.42 Å². The first-order valence-corrected chi connectivity index (χ1v) is 6.91. The minimum atomic E-state index is -0.547. The van der Waals surface area contributed by atoms with Gasteiger partial charge in [-0.3, -0.25) is 0 Å². The molecule has 3 nitrogen and oxygen atoms in total. The minimum absolute atomic E-state index is 0.473. The molecular weight excluding hydrogens is 285 g/mol. The smallest absolute Gasteiger partial charge is 0.133 e. The predicted octanol–water partition coefficient (Wildman–Crippen LogP) is 3.92. The first-order chi connectivity index (χ1) is 9.11. The number of rotatable bonds is 1. The minimum Gasteiger partial charge on any atom is -0.496 e. The number of ether oxygens (including phenoxy) is 1. The summed E-state index contributed by atoms with van der Waals surface area (Å²) in [5, 5.41) is 11.9. The summed E-state index contributed by atoms with van der Waals surface area (Å²) in [6, 6.07) is 3.45. The van der Waals surface area contributed by atoms with Gasteiger partial charge in [0.15, 0.2) is 0 Å². The number of aliphatic hydroxyl groups excluding tert-OH is 1. The second-order valence-electron chi connectivity index (χ2n) is 4.70. The third-order valence-corrected chi connectivity index (χ3v) is 4.02. The SMILES string of the molecule is COc1c2c(nc3c(Cl)cc(Cl)cc13)C(O)CCC2. The number of hydrogen-bond donors (Lipinski definition) is 1. The van der Waals surface area contributed by atoms with Gasteiger partial charge in [0.1, 0.15) is 5.75 Å². The van der Waals surface area contributed by atoms with Crippen LogP contribution < -0.4 is 4.74 Å². The number of hydrogen-bond acceptors (Lipinski definition) is 3. The van der Waals surface area contributed by atoms with Crippen molar-refractivity contribution >= 4 is 34.1 Å². The lowest BCUT2D eigenvalue weighted by Crippen LogP contribution is -2.13. The van der Waals surface area contributed by atoms with Crippen molar-refractivity contribution < 1.29 is 9.84 Å². The molecule has 1 heterocycles. The Bertz CT molecular complexity index is 658. The van der Waals surface area contributed by atoms with E-state index < -0.39 is 6.10 Å². The van der Waals surface area contributed by atoms with E-state index in [0.29, 0.717) is 21.3 Å². The highest BCUT2D eigenvalue weighted by molar-refractivity contribution is 6.38. The molecule has 100 valence electrons. The number of fused-ring (bicyclic) bond motifs is 2. The number of methoxy groups -OCH3 is 1. The van der Waals surface area contributed by atoms with E-state index >= 15 is 0 Å². The van der Waals surface area contributed by atoms with E-state index in [9.17, 15) is 5.11 Å². The van der Waals surface area contributed by atoms with Gasteiger partial charge in [-0.15, -0.1) is 0 Å². The van der Waals surface area contributed by atoms with Crippen molar-refractivity contribution in [1.82, 2.24) is 4.98 Å². The Morgan fingerprint density at radius 1 is 1.37 bits per heavy atom. The summed E-state index contributed by atoms with van der Waals surface area (Å²) >= 11 is 12.2. The van der Waals surface area contributed by atoms with Gasteiger partial charge in [-0.05, 0) is 31.4 Å². The van der Waals surface area contributed by atoms with Crippen molar-refractivity contribution in [3.63, 3.8) is 0 Å². The van der Waals surface area contributed by atoms with Gasteiger partial charge in [0.05, 0.1) is 29.4 Å². The van der Waals surface area contributed by atoms with Crippen LogP contribution >= 0.6 is 23.2 Å². The highest BCUT2D eigenvalue weighted by atomic mass is 35.5. The molecule has 1 aromatic carbocycles. The summed E-state index contributed by atoms with van der Waals surface area (Å²) in [7, 11) is 1.62. The molecule has 1 unspecified atom stereocenters. The second kappa shape index (κ2) is 4.82. The van der Waals surface area contributed by atoms with Gasteiger partial charge >= 0.3 is 0 Å². The van der Waals surface area contributed by atoms with Crippen LogP contribution in [0, 0.1) is 0 Å². The molecule has 1 aliphatic carbocycles. The summed E-state index contributed by atoms with van der Waals surface area (Å²) in [6.07, 6.45) is 1.95. The molecular formula is C14H13Cl2NO2. The Kier molecular flexibility index (Phi) is 3.29. The van der Waals surface area contributed by atoms with E-state index in [1.54, 1.807) is 19.2 Å². The van der Waals surface area contributed by atoms with Crippen LogP contribution in [0.3, 0.4) is 0 Å². The van der Waals surface area contributed by atoms with Gasteiger partial charge in [-0.1, -0.05) is 23.2 Å². The van der Waals surface area contributed by atoms with Crippen LogP contribution in [-0.4, -0.2) is 17.2 Å². The normalized spacial score (nSPS) is 18.4. The third-order valence-electron chi connectivity index (χ3n) is 3.51. The maximum atomic E-state index is 10.1. The number of nitrogens with zero attached hydrogens (tertiary/aromatic N) is 1. The Morgan fingerprint density at radius 2 is 2.16 bits per heavy atom. The number of benzene rings is 1. The Morgan fingerprint density at radius 3 is 2.89 bits per heavy atom. The van der Waals surface area contributed by atoms with Crippen LogP contribution in [0.4, 0.5) is 0 Å². The summed E-state index contributed by atoms with van der Waals surface area (Å²) in [5.74, 6) is 0.725. The molecule has 1 atom stereocenters. The molecule has 0 spiro atoms. The zero-order valence-electron chi connectivity index (χ0n) is 10.4. The van der Waals surface area contributed by atoms with Crippen LogP contribution in [0.1, 0.15) is 30.2 Å². The van der Waals surface area contributed by atoms with Crippen molar-refractivity contribution in [2.45, 2.75) is 25.4 Å². The van der Waals surface area contributed by atoms with Gasteiger partial charge in [-0.2, -0.15) is 0 Å². The zero-order valence-corrected chi connectivity index (χ0v) is 11.9. The monoisotopic (exact) mass is 297 g/mol. The van der Waals surface area contributed by atoms with Gasteiger partial charge in [-0.25, -0.2) is 4.98 Å². The van der Waals surface area contributed by atoms with E-state index in [4.69, 9.17) is 27.9 Å². The van der Waals surface area contributed by atoms with E-state index in [-0.39, 0.29) is 0 Å². The van der Waals surface area contributed by atoms with Crippen LogP contribution in [0.2, 0.25) is 10.0 Å². The molecule has 19 heavy (non-hydrogen) atoms. The molecule has 1 N–H and O–H groups in total. The van der Waals surface area contributed by atoms with Crippen LogP contribution in [0.5, 0.6) is 5.75 Å². The maximum Gasteiger partial charge on any atom is 0.133 e. The highest BCUT2D eigenvalue weighted by Crippen LogP contribution is 2.41. The van der Waals surface area contributed by atoms with E-state index in [0.717, 1.165) is 36.0 Å². The van der Waals surface area contributed by atoms with Crippen molar-refractivity contribution in [2.24, 2.45) is 0 Å². The average molecular weight is 298 g/mol. The fourth-order valence-electron chi connectivity index (χ4n) is 2.68. The molecule has 1 aromatic heterocycles. The van der Waals surface area contributed by atoms with Crippen molar-refractivity contribution in [2.75, 3.05) is 7.11 Å². The summed E-state index contributed by atoms with van der Waals surface area (Å²) in [4.78, 5) is 4.53. The van der Waals surface area contributed by atoms with Crippen molar-refractivity contribution in [1.29, 1.82) is 0 Å². The van der Waals surface area contributed by atoms with Gasteiger partial charge < -0.3 is 9.84 Å². The molecule has 0 bridgehead atoms. The van der Waals surface area contributed by atoms with Gasteiger partial charge in [0.25, 0.3) is 0 Å². The maximum absolute atomic E-state index is 10.1. The molecule has 0 amide bonds. The summed E-state index contributed by atoms with van der Waals surface area (Å²) in [5.41, 5.74) is 2.27. The largest absolute Gasteiger partial charge is 0.496 e. The number of aromatic nitrogens is 1. The van der Waals surface area contributed by atoms with Crippen LogP contribution in [0.15, 0.2) is 12.1 Å². The quantitative estimate of drug-likeness (QED) is 0.867. The number of aliphatic hydroxyl groups is 1. The molecule has 0 radical (unpaired) electrons.